The highest BCUT2D eigenvalue weighted by Gasteiger charge is 2.51. The minimum Gasteiger partial charge on any atom is -0.469 e. The fourth-order valence-electron chi connectivity index (χ4n) is 5.15. The second kappa shape index (κ2) is 18.5. The molecule has 1 atom stereocenters. The number of hydrogen-bond acceptors (Lipinski definition) is 4. The number of carbonyl (C=O) groups is 1. The van der Waals surface area contributed by atoms with E-state index in [0.717, 1.165) is 30.8 Å². The Hall–Kier alpha value is -1.82. The molecule has 1 unspecified atom stereocenters. The molecule has 0 bridgehead atoms. The van der Waals surface area contributed by atoms with Gasteiger partial charge in [0.2, 0.25) is 0 Å². The molecule has 39 heavy (non-hydrogen) atoms. The van der Waals surface area contributed by atoms with Crippen LogP contribution in [0.25, 0.3) is 0 Å². The molecule has 0 aliphatic rings. The second-order valence-corrected chi connectivity index (χ2v) is 16.9. The van der Waals surface area contributed by atoms with Gasteiger partial charge in [-0.15, -0.1) is 0 Å². The number of thioether (sulfide) groups is 1. The first kappa shape index (κ1) is 33.4. The third-order valence-electron chi connectivity index (χ3n) is 7.31. The van der Waals surface area contributed by atoms with Crippen LogP contribution in [0.15, 0.2) is 72.8 Å². The highest BCUT2D eigenvalue weighted by Crippen LogP contribution is 2.38. The molecule has 5 heteroatoms. The first-order valence-corrected chi connectivity index (χ1v) is 18.0. The van der Waals surface area contributed by atoms with Gasteiger partial charge in [0.1, 0.15) is 0 Å². The Balaban J connectivity index is 2.22. The summed E-state index contributed by atoms with van der Waals surface area (Å²) < 4.78 is 12.3. The summed E-state index contributed by atoms with van der Waals surface area (Å²) >= 11 is 1.82. The standard InChI is InChI=1S/C34H52O3SSi/c1-6-7-8-9-10-11-12-13-16-21-30(26-28-38-29-27-33(35)36-5)37-39(34(2,3)4,31-22-17-14-18-23-31)32-24-19-15-20-25-32/h13-20,22-25,30H,6-12,21,26-29H2,1-5H3/b16-13+. The highest BCUT2D eigenvalue weighted by atomic mass is 32.2. The van der Waals surface area contributed by atoms with Gasteiger partial charge >= 0.3 is 5.97 Å². The Morgan fingerprint density at radius 3 is 2.03 bits per heavy atom. The zero-order valence-electron chi connectivity index (χ0n) is 25.1. The van der Waals surface area contributed by atoms with Crippen molar-refractivity contribution in [2.75, 3.05) is 18.6 Å². The van der Waals surface area contributed by atoms with Crippen molar-refractivity contribution < 1.29 is 14.0 Å². The van der Waals surface area contributed by atoms with Crippen molar-refractivity contribution >= 4 is 36.4 Å². The lowest BCUT2D eigenvalue weighted by atomic mass is 10.1. The summed E-state index contributed by atoms with van der Waals surface area (Å²) in [6.07, 6.45) is 16.3. The Morgan fingerprint density at radius 2 is 1.46 bits per heavy atom. The quantitative estimate of drug-likeness (QED) is 0.0739. The number of ether oxygens (including phenoxy) is 1. The maximum Gasteiger partial charge on any atom is 0.306 e. The number of hydrogen-bond donors (Lipinski definition) is 0. The Labute approximate surface area is 244 Å². The maximum atomic E-state index is 11.6. The first-order chi connectivity index (χ1) is 18.8. The van der Waals surface area contributed by atoms with Gasteiger partial charge < -0.3 is 9.16 Å². The fourth-order valence-corrected chi connectivity index (χ4v) is 10.8. The van der Waals surface area contributed by atoms with E-state index < -0.39 is 8.32 Å². The van der Waals surface area contributed by atoms with Gasteiger partial charge in [-0.25, -0.2) is 0 Å². The highest BCUT2D eigenvalue weighted by molar-refractivity contribution is 7.99. The number of carbonyl (C=O) groups excluding carboxylic acids is 1. The van der Waals surface area contributed by atoms with Crippen molar-refractivity contribution in [1.82, 2.24) is 0 Å². The largest absolute Gasteiger partial charge is 0.469 e. The lowest BCUT2D eigenvalue weighted by molar-refractivity contribution is -0.140. The van der Waals surface area contributed by atoms with Gasteiger partial charge in [0.15, 0.2) is 0 Å². The molecule has 0 aliphatic heterocycles. The lowest BCUT2D eigenvalue weighted by Crippen LogP contribution is -2.67. The van der Waals surface area contributed by atoms with Crippen LogP contribution < -0.4 is 10.4 Å². The van der Waals surface area contributed by atoms with Crippen LogP contribution >= 0.6 is 11.8 Å². The molecule has 0 fully saturated rings. The topological polar surface area (TPSA) is 35.5 Å². The molecule has 0 amide bonds. The molecule has 0 radical (unpaired) electrons. The number of methoxy groups -OCH3 is 1. The number of esters is 1. The summed E-state index contributed by atoms with van der Waals surface area (Å²) in [4.78, 5) is 11.6. The van der Waals surface area contributed by atoms with Crippen molar-refractivity contribution in [2.45, 2.75) is 103 Å². The third-order valence-corrected chi connectivity index (χ3v) is 13.4. The molecular weight excluding hydrogens is 517 g/mol. The van der Waals surface area contributed by atoms with Crippen LogP contribution in [-0.2, 0) is 14.0 Å². The summed E-state index contributed by atoms with van der Waals surface area (Å²) in [5, 5.41) is 2.60. The summed E-state index contributed by atoms with van der Waals surface area (Å²) in [7, 11) is -1.16. The zero-order valence-corrected chi connectivity index (χ0v) is 26.9. The van der Waals surface area contributed by atoms with E-state index in [9.17, 15) is 4.79 Å². The molecule has 0 saturated heterocycles. The van der Waals surface area contributed by atoms with E-state index in [1.165, 1.54) is 56.0 Å². The lowest BCUT2D eigenvalue weighted by Gasteiger charge is -2.45. The molecule has 216 valence electrons. The predicted octanol–water partition coefficient (Wildman–Crippen LogP) is 8.31. The van der Waals surface area contributed by atoms with Gasteiger partial charge in [-0.1, -0.05) is 133 Å². The zero-order chi connectivity index (χ0) is 28.4. The summed E-state index contributed by atoms with van der Waals surface area (Å²) in [5.41, 5.74) is 0. The van der Waals surface area contributed by atoms with E-state index in [1.54, 1.807) is 0 Å². The molecule has 0 saturated carbocycles. The minimum absolute atomic E-state index is 0.0474. The van der Waals surface area contributed by atoms with E-state index >= 15 is 0 Å². The van der Waals surface area contributed by atoms with E-state index in [2.05, 4.69) is 101 Å². The summed E-state index contributed by atoms with van der Waals surface area (Å²) in [6, 6.07) is 21.8. The van der Waals surface area contributed by atoms with Crippen LogP contribution in [0.1, 0.15) is 91.9 Å². The maximum absolute atomic E-state index is 11.6. The number of unbranched alkanes of at least 4 members (excludes halogenated alkanes) is 6. The minimum atomic E-state index is -2.62. The smallest absolute Gasteiger partial charge is 0.306 e. The Morgan fingerprint density at radius 1 is 0.872 bits per heavy atom. The number of allylic oxidation sites excluding steroid dienone is 1. The first-order valence-electron chi connectivity index (χ1n) is 14.9. The van der Waals surface area contributed by atoms with Gasteiger partial charge in [0, 0.05) is 5.75 Å². The van der Waals surface area contributed by atoms with Crippen LogP contribution in [0.5, 0.6) is 0 Å². The monoisotopic (exact) mass is 568 g/mol. The molecule has 2 aromatic carbocycles. The van der Waals surface area contributed by atoms with Crippen molar-refractivity contribution in [1.29, 1.82) is 0 Å². The Kier molecular flexibility index (Phi) is 15.8. The van der Waals surface area contributed by atoms with Gasteiger partial charge in [-0.3, -0.25) is 4.79 Å². The molecule has 0 aliphatic carbocycles. The van der Waals surface area contributed by atoms with Crippen molar-refractivity contribution in [2.24, 2.45) is 0 Å². The summed E-state index contributed by atoms with van der Waals surface area (Å²) in [6.45, 7) is 9.30. The van der Waals surface area contributed by atoms with Crippen LogP contribution in [-0.4, -0.2) is 39.0 Å². The normalized spacial score (nSPS) is 13.1. The molecule has 3 nitrogen and oxygen atoms in total. The van der Waals surface area contributed by atoms with Gasteiger partial charge in [0.25, 0.3) is 8.32 Å². The average molecular weight is 569 g/mol. The molecular formula is C34H52O3SSi. The fraction of sp³-hybridized carbons (Fsp3) is 0.559. The van der Waals surface area contributed by atoms with Crippen LogP contribution in [0.4, 0.5) is 0 Å². The molecule has 2 rings (SSSR count). The second-order valence-electron chi connectivity index (χ2n) is 11.4. The van der Waals surface area contributed by atoms with E-state index in [-0.39, 0.29) is 17.1 Å². The molecule has 2 aromatic rings. The van der Waals surface area contributed by atoms with E-state index in [0.29, 0.717) is 6.42 Å². The van der Waals surface area contributed by atoms with Gasteiger partial charge in [-0.05, 0) is 46.8 Å². The van der Waals surface area contributed by atoms with Crippen molar-refractivity contribution in [3.63, 3.8) is 0 Å². The third kappa shape index (κ3) is 11.3. The Bertz CT molecular complexity index is 900. The number of benzene rings is 2. The van der Waals surface area contributed by atoms with E-state index in [1.807, 2.05) is 11.8 Å². The van der Waals surface area contributed by atoms with Gasteiger partial charge in [-0.2, -0.15) is 11.8 Å². The molecule has 0 spiro atoms. The average Bonchev–Trinajstić information content (AvgIpc) is 2.94. The molecule has 0 aromatic heterocycles. The molecule has 0 N–H and O–H groups in total. The van der Waals surface area contributed by atoms with Crippen molar-refractivity contribution in [3.8, 4) is 0 Å². The van der Waals surface area contributed by atoms with E-state index in [4.69, 9.17) is 9.16 Å². The van der Waals surface area contributed by atoms with Crippen LogP contribution in [0.2, 0.25) is 5.04 Å². The SMILES string of the molecule is CCCCCCCC/C=C/CC(CCSCCC(=O)OC)O[Si](c1ccccc1)(c1ccccc1)C(C)(C)C. The van der Waals surface area contributed by atoms with Crippen molar-refractivity contribution in [3.05, 3.63) is 72.8 Å². The van der Waals surface area contributed by atoms with Crippen LogP contribution in [0, 0.1) is 0 Å². The predicted molar refractivity (Wildman–Crippen MR) is 173 cm³/mol. The van der Waals surface area contributed by atoms with Gasteiger partial charge in [0.05, 0.1) is 19.6 Å². The summed E-state index contributed by atoms with van der Waals surface area (Å²) in [5.74, 6) is 1.61. The molecule has 0 heterocycles. The van der Waals surface area contributed by atoms with Crippen LogP contribution in [0.3, 0.4) is 0 Å². The number of rotatable bonds is 19.